The van der Waals surface area contributed by atoms with Gasteiger partial charge in [-0.1, -0.05) is 18.6 Å². The largest absolute Gasteiger partial charge is 0.383 e. The van der Waals surface area contributed by atoms with Crippen LogP contribution in [-0.4, -0.2) is 5.11 Å². The Labute approximate surface area is 89.1 Å². The molecule has 1 aliphatic rings. The number of allylic oxidation sites excluding steroid dienone is 1. The van der Waals surface area contributed by atoms with Crippen LogP contribution >= 0.6 is 11.3 Å². The smallest absolute Gasteiger partial charge is 0.109 e. The van der Waals surface area contributed by atoms with Gasteiger partial charge >= 0.3 is 0 Å². The van der Waals surface area contributed by atoms with Crippen LogP contribution in [-0.2, 0) is 0 Å². The lowest BCUT2D eigenvalue weighted by atomic mass is 10.0. The Hall–Kier alpha value is -0.600. The summed E-state index contributed by atoms with van der Waals surface area (Å²) in [5.74, 6) is 0. The molecule has 0 fully saturated rings. The van der Waals surface area contributed by atoms with Gasteiger partial charge in [-0.25, -0.2) is 0 Å². The summed E-state index contributed by atoms with van der Waals surface area (Å²) in [4.78, 5) is 1.08. The molecule has 0 aromatic carbocycles. The first-order chi connectivity index (χ1) is 6.88. The Morgan fingerprint density at radius 2 is 2.21 bits per heavy atom. The molecule has 1 aromatic rings. The summed E-state index contributed by atoms with van der Waals surface area (Å²) in [5.41, 5.74) is 1.23. The van der Waals surface area contributed by atoms with E-state index in [-0.39, 0.29) is 6.10 Å². The van der Waals surface area contributed by atoms with Crippen LogP contribution in [0.1, 0.15) is 43.1 Å². The minimum absolute atomic E-state index is 0.340. The molecule has 1 nitrogen and oxygen atoms in total. The van der Waals surface area contributed by atoms with Gasteiger partial charge in [-0.2, -0.15) is 0 Å². The summed E-state index contributed by atoms with van der Waals surface area (Å²) in [7, 11) is 0. The van der Waals surface area contributed by atoms with Crippen molar-refractivity contribution in [3.8, 4) is 0 Å². The van der Waals surface area contributed by atoms with Gasteiger partial charge in [0, 0.05) is 4.88 Å². The van der Waals surface area contributed by atoms with Crippen LogP contribution < -0.4 is 0 Å². The van der Waals surface area contributed by atoms with Crippen molar-refractivity contribution >= 4 is 11.3 Å². The summed E-state index contributed by atoms with van der Waals surface area (Å²) in [6.45, 7) is 0. The molecule has 1 atom stereocenters. The molecule has 0 saturated heterocycles. The number of aliphatic hydroxyl groups excluding tert-OH is 1. The normalized spacial score (nSPS) is 19.9. The molecule has 2 heteroatoms. The molecule has 1 N–H and O–H groups in total. The van der Waals surface area contributed by atoms with Crippen LogP contribution in [0, 0.1) is 0 Å². The summed E-state index contributed by atoms with van der Waals surface area (Å²) in [6, 6.07) is 4.02. The second-order valence-corrected chi connectivity index (χ2v) is 4.78. The predicted molar refractivity (Wildman–Crippen MR) is 60.4 cm³/mol. The third-order valence-corrected chi connectivity index (χ3v) is 3.66. The third-order valence-electron chi connectivity index (χ3n) is 2.74. The first-order valence-corrected chi connectivity index (χ1v) is 6.16. The molecule has 0 spiro atoms. The Bertz CT molecular complexity index is 300. The van der Waals surface area contributed by atoms with Crippen molar-refractivity contribution in [3.05, 3.63) is 34.0 Å². The summed E-state index contributed by atoms with van der Waals surface area (Å²) in [6.07, 6.45) is 7.91. The average molecular weight is 208 g/mol. The van der Waals surface area contributed by atoms with E-state index in [1.165, 1.54) is 24.8 Å². The van der Waals surface area contributed by atoms with Crippen LogP contribution in [0.4, 0.5) is 0 Å². The van der Waals surface area contributed by atoms with Crippen molar-refractivity contribution in [2.24, 2.45) is 0 Å². The van der Waals surface area contributed by atoms with E-state index in [1.54, 1.807) is 11.3 Å². The number of hydrogen-bond acceptors (Lipinski definition) is 2. The number of rotatable bonds is 2. The van der Waals surface area contributed by atoms with Crippen LogP contribution in [0.3, 0.4) is 0 Å². The Morgan fingerprint density at radius 1 is 1.29 bits per heavy atom. The van der Waals surface area contributed by atoms with Gasteiger partial charge in [-0.15, -0.1) is 11.3 Å². The van der Waals surface area contributed by atoms with Crippen molar-refractivity contribution in [3.63, 3.8) is 0 Å². The topological polar surface area (TPSA) is 20.2 Å². The molecule has 1 aromatic heterocycles. The second kappa shape index (κ2) is 4.76. The van der Waals surface area contributed by atoms with Crippen LogP contribution in [0.5, 0.6) is 0 Å². The number of aliphatic hydroxyl groups is 1. The molecular weight excluding hydrogens is 192 g/mol. The average Bonchev–Trinajstić information content (AvgIpc) is 2.59. The van der Waals surface area contributed by atoms with Crippen LogP contribution in [0.25, 0.3) is 0 Å². The minimum Gasteiger partial charge on any atom is -0.383 e. The number of hydrogen-bond donors (Lipinski definition) is 1. The van der Waals surface area contributed by atoms with Gasteiger partial charge in [0.05, 0.1) is 0 Å². The molecule has 0 saturated carbocycles. The van der Waals surface area contributed by atoms with Crippen molar-refractivity contribution in [1.82, 2.24) is 0 Å². The summed E-state index contributed by atoms with van der Waals surface area (Å²) < 4.78 is 0. The van der Waals surface area contributed by atoms with E-state index < -0.39 is 0 Å². The first kappa shape index (κ1) is 9.94. The Balaban J connectivity index is 2.10. The minimum atomic E-state index is -0.340. The fourth-order valence-corrected chi connectivity index (χ4v) is 2.67. The van der Waals surface area contributed by atoms with E-state index in [1.807, 2.05) is 17.5 Å². The first-order valence-electron chi connectivity index (χ1n) is 5.28. The lowest BCUT2D eigenvalue weighted by molar-refractivity contribution is 0.214. The zero-order valence-corrected chi connectivity index (χ0v) is 9.09. The lowest BCUT2D eigenvalue weighted by Gasteiger charge is -2.11. The van der Waals surface area contributed by atoms with Crippen LogP contribution in [0.15, 0.2) is 29.2 Å². The maximum Gasteiger partial charge on any atom is 0.109 e. The fourth-order valence-electron chi connectivity index (χ4n) is 1.92. The van der Waals surface area contributed by atoms with E-state index in [4.69, 9.17) is 0 Å². The highest BCUT2D eigenvalue weighted by molar-refractivity contribution is 7.10. The zero-order chi connectivity index (χ0) is 9.80. The van der Waals surface area contributed by atoms with Crippen molar-refractivity contribution in [2.45, 2.75) is 38.2 Å². The maximum absolute atomic E-state index is 10.1. The molecule has 14 heavy (non-hydrogen) atoms. The molecule has 2 rings (SSSR count). The van der Waals surface area contributed by atoms with Crippen LogP contribution in [0.2, 0.25) is 0 Å². The zero-order valence-electron chi connectivity index (χ0n) is 8.28. The fraction of sp³-hybridized carbons (Fsp3) is 0.500. The third kappa shape index (κ3) is 2.25. The molecule has 76 valence electrons. The highest BCUT2D eigenvalue weighted by atomic mass is 32.1. The van der Waals surface area contributed by atoms with Crippen molar-refractivity contribution in [1.29, 1.82) is 0 Å². The molecule has 0 bridgehead atoms. The SMILES string of the molecule is OC(C1=CCCCCC1)c1cccs1. The van der Waals surface area contributed by atoms with Gasteiger partial charge in [-0.05, 0) is 42.7 Å². The molecule has 0 radical (unpaired) electrons. The van der Waals surface area contributed by atoms with E-state index >= 15 is 0 Å². The van der Waals surface area contributed by atoms with Gasteiger partial charge in [0.15, 0.2) is 0 Å². The molecule has 0 amide bonds. The Morgan fingerprint density at radius 3 is 3.00 bits per heavy atom. The Kier molecular flexibility index (Phi) is 3.38. The molecule has 1 heterocycles. The summed E-state index contributed by atoms with van der Waals surface area (Å²) in [5, 5.41) is 12.1. The molecule has 0 aliphatic heterocycles. The van der Waals surface area contributed by atoms with Gasteiger partial charge < -0.3 is 5.11 Å². The van der Waals surface area contributed by atoms with Gasteiger partial charge in [0.2, 0.25) is 0 Å². The lowest BCUT2D eigenvalue weighted by Crippen LogP contribution is -1.98. The number of thiophene rings is 1. The summed E-state index contributed by atoms with van der Waals surface area (Å²) >= 11 is 1.64. The highest BCUT2D eigenvalue weighted by Gasteiger charge is 2.14. The van der Waals surface area contributed by atoms with Gasteiger partial charge in [0.1, 0.15) is 6.10 Å². The van der Waals surface area contributed by atoms with Crippen molar-refractivity contribution in [2.75, 3.05) is 0 Å². The van der Waals surface area contributed by atoms with Gasteiger partial charge in [-0.3, -0.25) is 0 Å². The van der Waals surface area contributed by atoms with E-state index in [0.29, 0.717) is 0 Å². The molecule has 1 aliphatic carbocycles. The highest BCUT2D eigenvalue weighted by Crippen LogP contribution is 2.31. The van der Waals surface area contributed by atoms with E-state index in [2.05, 4.69) is 6.08 Å². The van der Waals surface area contributed by atoms with E-state index in [0.717, 1.165) is 17.7 Å². The van der Waals surface area contributed by atoms with Gasteiger partial charge in [0.25, 0.3) is 0 Å². The quantitative estimate of drug-likeness (QED) is 0.735. The van der Waals surface area contributed by atoms with E-state index in [9.17, 15) is 5.11 Å². The van der Waals surface area contributed by atoms with Crippen molar-refractivity contribution < 1.29 is 5.11 Å². The molecular formula is C12H16OS. The second-order valence-electron chi connectivity index (χ2n) is 3.80. The monoisotopic (exact) mass is 208 g/mol. The predicted octanol–water partition coefficient (Wildman–Crippen LogP) is 3.67. The maximum atomic E-state index is 10.1. The standard InChI is InChI=1S/C12H16OS/c13-12(11-8-5-9-14-11)10-6-3-1-2-4-7-10/h5-6,8-9,12-13H,1-4,7H2. The molecule has 1 unspecified atom stereocenters.